The smallest absolute Gasteiger partial charge is 0.326 e. The first-order valence-electron chi connectivity index (χ1n) is 5.88. The third kappa shape index (κ3) is 4.15. The first-order chi connectivity index (χ1) is 8.77. The fourth-order valence-corrected chi connectivity index (χ4v) is 3.18. The topological polar surface area (TPSA) is 124 Å². The number of carbonyl (C=O) groups excluding carboxylic acids is 1. The predicted octanol–water partition coefficient (Wildman–Crippen LogP) is -1.64. The second-order valence-electron chi connectivity index (χ2n) is 4.44. The summed E-state index contributed by atoms with van der Waals surface area (Å²) in [5.74, 6) is -1.89. The molecule has 110 valence electrons. The van der Waals surface area contributed by atoms with E-state index in [2.05, 4.69) is 5.32 Å². The van der Waals surface area contributed by atoms with E-state index in [0.29, 0.717) is 12.8 Å². The lowest BCUT2D eigenvalue weighted by Crippen LogP contribution is -2.50. The minimum absolute atomic E-state index is 0.118. The van der Waals surface area contributed by atoms with E-state index in [9.17, 15) is 18.0 Å². The van der Waals surface area contributed by atoms with Gasteiger partial charge < -0.3 is 15.5 Å². The summed E-state index contributed by atoms with van der Waals surface area (Å²) in [6.07, 6.45) is 1.82. The average molecular weight is 294 g/mol. The van der Waals surface area contributed by atoms with Crippen molar-refractivity contribution in [3.05, 3.63) is 0 Å². The summed E-state index contributed by atoms with van der Waals surface area (Å²) in [5, 5.41) is 19.8. The van der Waals surface area contributed by atoms with Gasteiger partial charge in [-0.25, -0.2) is 13.2 Å². The Morgan fingerprint density at radius 1 is 1.47 bits per heavy atom. The van der Waals surface area contributed by atoms with Crippen LogP contribution in [0.3, 0.4) is 0 Å². The number of nitrogens with one attached hydrogen (secondary N) is 1. The van der Waals surface area contributed by atoms with E-state index in [0.717, 1.165) is 10.6 Å². The fraction of sp³-hybridized carbons (Fsp3) is 0.800. The third-order valence-electron chi connectivity index (χ3n) is 2.96. The number of hydrogen-bond acceptors (Lipinski definition) is 5. The van der Waals surface area contributed by atoms with Gasteiger partial charge >= 0.3 is 5.97 Å². The molecule has 1 amide bonds. The molecule has 8 nitrogen and oxygen atoms in total. The standard InChI is InChI=1S/C10H18N2O6S/c1-19(17,18)12-5-2-3-8(12)9(14)11-7(4-6-13)10(15)16/h7-8,13H,2-6H2,1H3,(H,11,14)(H,15,16)/t7-,8?/m1/s1. The number of hydrogen-bond donors (Lipinski definition) is 3. The molecular formula is C10H18N2O6S. The van der Waals surface area contributed by atoms with Crippen LogP contribution in [-0.4, -0.2) is 66.3 Å². The van der Waals surface area contributed by atoms with Crippen molar-refractivity contribution in [2.24, 2.45) is 0 Å². The maximum absolute atomic E-state index is 11.9. The van der Waals surface area contributed by atoms with Crippen LogP contribution in [0, 0.1) is 0 Å². The number of carboxylic acid groups (broad SMARTS) is 1. The lowest BCUT2D eigenvalue weighted by atomic mass is 10.1. The summed E-state index contributed by atoms with van der Waals surface area (Å²) < 4.78 is 24.0. The van der Waals surface area contributed by atoms with Crippen LogP contribution in [-0.2, 0) is 19.6 Å². The minimum Gasteiger partial charge on any atom is -0.480 e. The first kappa shape index (κ1) is 15.9. The Morgan fingerprint density at radius 2 is 2.11 bits per heavy atom. The van der Waals surface area contributed by atoms with Crippen molar-refractivity contribution >= 4 is 21.9 Å². The van der Waals surface area contributed by atoms with E-state index in [4.69, 9.17) is 10.2 Å². The normalized spacial score (nSPS) is 22.1. The van der Waals surface area contributed by atoms with E-state index in [-0.39, 0.29) is 19.6 Å². The van der Waals surface area contributed by atoms with Gasteiger partial charge in [0.25, 0.3) is 0 Å². The highest BCUT2D eigenvalue weighted by atomic mass is 32.2. The van der Waals surface area contributed by atoms with Gasteiger partial charge in [-0.1, -0.05) is 0 Å². The van der Waals surface area contributed by atoms with Gasteiger partial charge in [-0.15, -0.1) is 0 Å². The van der Waals surface area contributed by atoms with Crippen LogP contribution in [0.2, 0.25) is 0 Å². The Hall–Kier alpha value is -1.19. The first-order valence-corrected chi connectivity index (χ1v) is 7.73. The van der Waals surface area contributed by atoms with E-state index < -0.39 is 34.0 Å². The van der Waals surface area contributed by atoms with Gasteiger partial charge in [0.2, 0.25) is 15.9 Å². The third-order valence-corrected chi connectivity index (χ3v) is 4.25. The SMILES string of the molecule is CS(=O)(=O)N1CCCC1C(=O)N[C@H](CCO)C(=O)O. The summed E-state index contributed by atoms with van der Waals surface area (Å²) in [7, 11) is -3.49. The zero-order valence-corrected chi connectivity index (χ0v) is 11.4. The number of rotatable bonds is 6. The highest BCUT2D eigenvalue weighted by Gasteiger charge is 2.37. The van der Waals surface area contributed by atoms with Gasteiger partial charge in [-0.2, -0.15) is 4.31 Å². The molecule has 9 heteroatoms. The number of carboxylic acids is 1. The molecule has 0 aromatic rings. The fourth-order valence-electron chi connectivity index (χ4n) is 2.05. The van der Waals surface area contributed by atoms with Crippen LogP contribution < -0.4 is 5.32 Å². The highest BCUT2D eigenvalue weighted by molar-refractivity contribution is 7.88. The summed E-state index contributed by atoms with van der Waals surface area (Å²) in [5.41, 5.74) is 0. The number of nitrogens with zero attached hydrogens (tertiary/aromatic N) is 1. The molecule has 0 bridgehead atoms. The van der Waals surface area contributed by atoms with Gasteiger partial charge in [0.1, 0.15) is 12.1 Å². The van der Waals surface area contributed by atoms with Crippen LogP contribution >= 0.6 is 0 Å². The van der Waals surface area contributed by atoms with Crippen LogP contribution in [0.1, 0.15) is 19.3 Å². The second kappa shape index (κ2) is 6.31. The second-order valence-corrected chi connectivity index (χ2v) is 6.38. The van der Waals surface area contributed by atoms with Crippen LogP contribution in [0.15, 0.2) is 0 Å². The molecule has 0 aromatic heterocycles. The molecule has 19 heavy (non-hydrogen) atoms. The predicted molar refractivity (Wildman–Crippen MR) is 65.8 cm³/mol. The van der Waals surface area contributed by atoms with E-state index in [1.807, 2.05) is 0 Å². The van der Waals surface area contributed by atoms with Crippen molar-refractivity contribution in [2.75, 3.05) is 19.4 Å². The molecule has 2 atom stereocenters. The number of amides is 1. The van der Waals surface area contributed by atoms with Crippen molar-refractivity contribution in [3.8, 4) is 0 Å². The van der Waals surface area contributed by atoms with E-state index in [1.165, 1.54) is 0 Å². The van der Waals surface area contributed by atoms with Crippen LogP contribution in [0.5, 0.6) is 0 Å². The molecule has 1 aliphatic heterocycles. The Labute approximate surface area is 111 Å². The Morgan fingerprint density at radius 3 is 2.58 bits per heavy atom. The Bertz CT molecular complexity index is 449. The lowest BCUT2D eigenvalue weighted by molar-refractivity contribution is -0.142. The van der Waals surface area contributed by atoms with Crippen molar-refractivity contribution < 1.29 is 28.2 Å². The van der Waals surface area contributed by atoms with Gasteiger partial charge in [0.15, 0.2) is 0 Å². The maximum atomic E-state index is 11.9. The van der Waals surface area contributed by atoms with Crippen molar-refractivity contribution in [1.29, 1.82) is 0 Å². The van der Waals surface area contributed by atoms with Crippen LogP contribution in [0.25, 0.3) is 0 Å². The average Bonchev–Trinajstić information content (AvgIpc) is 2.76. The monoisotopic (exact) mass is 294 g/mol. The number of sulfonamides is 1. The van der Waals surface area contributed by atoms with Crippen molar-refractivity contribution in [2.45, 2.75) is 31.3 Å². The molecule has 1 unspecified atom stereocenters. The van der Waals surface area contributed by atoms with Crippen molar-refractivity contribution in [3.63, 3.8) is 0 Å². The van der Waals surface area contributed by atoms with Crippen LogP contribution in [0.4, 0.5) is 0 Å². The molecule has 3 N–H and O–H groups in total. The van der Waals surface area contributed by atoms with Gasteiger partial charge in [-0.05, 0) is 12.8 Å². The zero-order valence-electron chi connectivity index (χ0n) is 10.6. The highest BCUT2D eigenvalue weighted by Crippen LogP contribution is 2.20. The number of aliphatic carboxylic acids is 1. The molecule has 1 aliphatic rings. The van der Waals surface area contributed by atoms with Gasteiger partial charge in [0, 0.05) is 19.6 Å². The molecule has 1 heterocycles. The molecule has 0 aromatic carbocycles. The van der Waals surface area contributed by atoms with Gasteiger partial charge in [-0.3, -0.25) is 4.79 Å². The molecule has 0 radical (unpaired) electrons. The Kier molecular flexibility index (Phi) is 5.27. The molecule has 0 aliphatic carbocycles. The molecular weight excluding hydrogens is 276 g/mol. The largest absolute Gasteiger partial charge is 0.480 e. The number of carbonyl (C=O) groups is 2. The summed E-state index contributed by atoms with van der Waals surface area (Å²) in [6, 6.07) is -2.07. The molecule has 0 saturated carbocycles. The minimum atomic E-state index is -3.49. The summed E-state index contributed by atoms with van der Waals surface area (Å²) in [6.45, 7) is -0.119. The molecule has 0 spiro atoms. The maximum Gasteiger partial charge on any atom is 0.326 e. The number of aliphatic hydroxyl groups is 1. The van der Waals surface area contributed by atoms with E-state index >= 15 is 0 Å². The quantitative estimate of drug-likeness (QED) is 0.540. The molecule has 1 rings (SSSR count). The number of aliphatic hydroxyl groups excluding tert-OH is 1. The van der Waals surface area contributed by atoms with Gasteiger partial charge in [0.05, 0.1) is 6.26 Å². The molecule has 1 saturated heterocycles. The summed E-state index contributed by atoms with van der Waals surface area (Å²) in [4.78, 5) is 22.8. The van der Waals surface area contributed by atoms with Crippen molar-refractivity contribution in [1.82, 2.24) is 9.62 Å². The Balaban J connectivity index is 2.74. The van der Waals surface area contributed by atoms with E-state index in [1.54, 1.807) is 0 Å². The zero-order chi connectivity index (χ0) is 14.6. The summed E-state index contributed by atoms with van der Waals surface area (Å²) >= 11 is 0. The lowest BCUT2D eigenvalue weighted by Gasteiger charge is -2.23. The molecule has 1 fully saturated rings.